The van der Waals surface area contributed by atoms with Crippen molar-refractivity contribution in [2.75, 3.05) is 0 Å². The first-order valence-corrected chi connectivity index (χ1v) is 6.07. The van der Waals surface area contributed by atoms with E-state index in [9.17, 15) is 0 Å². The van der Waals surface area contributed by atoms with E-state index < -0.39 is 0 Å². The van der Waals surface area contributed by atoms with Crippen LogP contribution in [0.5, 0.6) is 0 Å². The predicted octanol–water partition coefficient (Wildman–Crippen LogP) is 2.91. The molecule has 0 aliphatic rings. The quantitative estimate of drug-likeness (QED) is 0.689. The lowest BCUT2D eigenvalue weighted by molar-refractivity contribution is 1.13. The van der Waals surface area contributed by atoms with E-state index in [1.54, 1.807) is 30.9 Å². The molecule has 0 aliphatic heterocycles. The highest BCUT2D eigenvalue weighted by molar-refractivity contribution is 7.80. The molecule has 0 spiro atoms. The maximum Gasteiger partial charge on any atom is 0.116 e. The molecule has 0 atom stereocenters. The molecule has 3 aromatic rings. The molecule has 0 amide bonds. The number of benzene rings is 1. The van der Waals surface area contributed by atoms with Gasteiger partial charge in [0.1, 0.15) is 12.0 Å². The van der Waals surface area contributed by atoms with Crippen LogP contribution in [-0.4, -0.2) is 19.9 Å². The van der Waals surface area contributed by atoms with Crippen LogP contribution >= 0.6 is 12.6 Å². The Hall–Kier alpha value is -2.27. The summed E-state index contributed by atoms with van der Waals surface area (Å²) in [6.45, 7) is 0. The number of thiol groups is 1. The second kappa shape index (κ2) is 7.23. The van der Waals surface area contributed by atoms with Gasteiger partial charge in [-0.1, -0.05) is 18.2 Å². The summed E-state index contributed by atoms with van der Waals surface area (Å²) in [6, 6.07) is 11.6. The lowest BCUT2D eigenvalue weighted by atomic mass is 10.3. The lowest BCUT2D eigenvalue weighted by Crippen LogP contribution is -1.87. The van der Waals surface area contributed by atoms with E-state index in [-0.39, 0.29) is 0 Å². The van der Waals surface area contributed by atoms with Crippen LogP contribution in [0.15, 0.2) is 72.4 Å². The Morgan fingerprint density at radius 2 is 1.58 bits per heavy atom. The van der Waals surface area contributed by atoms with Crippen LogP contribution in [0.4, 0.5) is 0 Å². The average molecular weight is 268 g/mol. The molecular formula is C14H12N4S. The SMILES string of the molecule is Sc1ccccc1.c1cc(-c2cnccn2)ncn1. The first-order valence-electron chi connectivity index (χ1n) is 5.62. The van der Waals surface area contributed by atoms with Crippen LogP contribution in [0.1, 0.15) is 0 Å². The highest BCUT2D eigenvalue weighted by Crippen LogP contribution is 2.08. The van der Waals surface area contributed by atoms with Crippen LogP contribution in [0.2, 0.25) is 0 Å². The molecule has 3 rings (SSSR count). The molecular weight excluding hydrogens is 256 g/mol. The molecule has 0 N–H and O–H groups in total. The van der Waals surface area contributed by atoms with Crippen molar-refractivity contribution in [3.05, 3.63) is 67.5 Å². The van der Waals surface area contributed by atoms with Crippen molar-refractivity contribution >= 4 is 12.6 Å². The second-order valence-electron chi connectivity index (χ2n) is 3.52. The summed E-state index contributed by atoms with van der Waals surface area (Å²) in [4.78, 5) is 16.9. The average Bonchev–Trinajstić information content (AvgIpc) is 2.51. The van der Waals surface area contributed by atoms with Crippen molar-refractivity contribution in [2.24, 2.45) is 0 Å². The Morgan fingerprint density at radius 3 is 2.11 bits per heavy atom. The van der Waals surface area contributed by atoms with Gasteiger partial charge in [0, 0.05) is 23.5 Å². The Kier molecular flexibility index (Phi) is 5.01. The zero-order chi connectivity index (χ0) is 13.3. The molecule has 0 aliphatic carbocycles. The zero-order valence-electron chi connectivity index (χ0n) is 10.1. The summed E-state index contributed by atoms with van der Waals surface area (Å²) in [5.74, 6) is 0. The van der Waals surface area contributed by atoms with Gasteiger partial charge in [0.15, 0.2) is 0 Å². The Balaban J connectivity index is 0.000000163. The second-order valence-corrected chi connectivity index (χ2v) is 4.04. The normalized spacial score (nSPS) is 9.32. The summed E-state index contributed by atoms with van der Waals surface area (Å²) < 4.78 is 0. The summed E-state index contributed by atoms with van der Waals surface area (Å²) >= 11 is 4.08. The molecule has 2 heterocycles. The molecule has 0 saturated heterocycles. The van der Waals surface area contributed by atoms with Crippen LogP contribution in [0.3, 0.4) is 0 Å². The minimum atomic E-state index is 0.764. The lowest BCUT2D eigenvalue weighted by Gasteiger charge is -1.95. The van der Waals surface area contributed by atoms with E-state index in [2.05, 4.69) is 32.6 Å². The fourth-order valence-electron chi connectivity index (χ4n) is 1.30. The smallest absolute Gasteiger partial charge is 0.116 e. The van der Waals surface area contributed by atoms with Gasteiger partial charge in [-0.3, -0.25) is 9.97 Å². The van der Waals surface area contributed by atoms with Crippen molar-refractivity contribution in [2.45, 2.75) is 4.90 Å². The number of rotatable bonds is 1. The van der Waals surface area contributed by atoms with Gasteiger partial charge < -0.3 is 0 Å². The number of hydrogen-bond donors (Lipinski definition) is 1. The van der Waals surface area contributed by atoms with E-state index in [1.807, 2.05) is 30.3 Å². The van der Waals surface area contributed by atoms with E-state index in [0.717, 1.165) is 16.3 Å². The van der Waals surface area contributed by atoms with Crippen molar-refractivity contribution in [3.8, 4) is 11.4 Å². The minimum absolute atomic E-state index is 0.764. The summed E-state index contributed by atoms with van der Waals surface area (Å²) in [5, 5.41) is 0. The molecule has 19 heavy (non-hydrogen) atoms. The van der Waals surface area contributed by atoms with Crippen molar-refractivity contribution in [1.82, 2.24) is 19.9 Å². The molecule has 0 bridgehead atoms. The van der Waals surface area contributed by atoms with Crippen molar-refractivity contribution < 1.29 is 0 Å². The van der Waals surface area contributed by atoms with Gasteiger partial charge in [-0.2, -0.15) is 0 Å². The summed E-state index contributed by atoms with van der Waals surface area (Å²) in [7, 11) is 0. The first kappa shape index (κ1) is 13.2. The van der Waals surface area contributed by atoms with E-state index in [1.165, 1.54) is 6.33 Å². The molecule has 2 aromatic heterocycles. The Labute approximate surface area is 117 Å². The fourth-order valence-corrected chi connectivity index (χ4v) is 1.47. The molecule has 0 radical (unpaired) electrons. The van der Waals surface area contributed by atoms with E-state index in [4.69, 9.17) is 0 Å². The predicted molar refractivity (Wildman–Crippen MR) is 76.8 cm³/mol. The van der Waals surface area contributed by atoms with Crippen molar-refractivity contribution in [1.29, 1.82) is 0 Å². The maximum atomic E-state index is 4.10. The van der Waals surface area contributed by atoms with Gasteiger partial charge in [0.05, 0.1) is 11.9 Å². The highest BCUT2D eigenvalue weighted by atomic mass is 32.1. The van der Waals surface area contributed by atoms with Crippen LogP contribution < -0.4 is 0 Å². The van der Waals surface area contributed by atoms with Crippen LogP contribution in [0.25, 0.3) is 11.4 Å². The number of nitrogens with zero attached hydrogens (tertiary/aromatic N) is 4. The van der Waals surface area contributed by atoms with Gasteiger partial charge >= 0.3 is 0 Å². The van der Waals surface area contributed by atoms with E-state index in [0.29, 0.717) is 0 Å². The van der Waals surface area contributed by atoms with Gasteiger partial charge in [-0.05, 0) is 18.2 Å². The van der Waals surface area contributed by atoms with Crippen LogP contribution in [0, 0.1) is 0 Å². The van der Waals surface area contributed by atoms with Gasteiger partial charge in [-0.15, -0.1) is 12.6 Å². The molecule has 94 valence electrons. The van der Waals surface area contributed by atoms with Gasteiger partial charge in [0.2, 0.25) is 0 Å². The number of hydrogen-bond acceptors (Lipinski definition) is 5. The summed E-state index contributed by atoms with van der Waals surface area (Å²) in [6.07, 6.45) is 8.10. The Morgan fingerprint density at radius 1 is 0.737 bits per heavy atom. The number of aromatic nitrogens is 4. The molecule has 0 unspecified atom stereocenters. The third kappa shape index (κ3) is 4.48. The molecule has 4 nitrogen and oxygen atoms in total. The zero-order valence-corrected chi connectivity index (χ0v) is 11.0. The molecule has 5 heteroatoms. The maximum absolute atomic E-state index is 4.10. The third-order valence-electron chi connectivity index (χ3n) is 2.16. The topological polar surface area (TPSA) is 51.6 Å². The standard InChI is InChI=1S/C8H6N4.C6H6S/c1-2-10-6-12-7(1)8-5-9-3-4-11-8;7-6-4-2-1-3-5-6/h1-6H;1-5,7H. The minimum Gasteiger partial charge on any atom is -0.261 e. The van der Waals surface area contributed by atoms with Crippen molar-refractivity contribution in [3.63, 3.8) is 0 Å². The third-order valence-corrected chi connectivity index (χ3v) is 2.46. The van der Waals surface area contributed by atoms with E-state index >= 15 is 0 Å². The van der Waals surface area contributed by atoms with Gasteiger partial charge in [0.25, 0.3) is 0 Å². The molecule has 0 saturated carbocycles. The highest BCUT2D eigenvalue weighted by Gasteiger charge is 1.96. The van der Waals surface area contributed by atoms with Crippen LogP contribution in [-0.2, 0) is 0 Å². The fraction of sp³-hybridized carbons (Fsp3) is 0. The van der Waals surface area contributed by atoms with Gasteiger partial charge in [-0.25, -0.2) is 9.97 Å². The monoisotopic (exact) mass is 268 g/mol. The Bertz CT molecular complexity index is 550. The largest absolute Gasteiger partial charge is 0.261 e. The first-order chi connectivity index (χ1) is 9.36. The molecule has 0 fully saturated rings. The summed E-state index contributed by atoms with van der Waals surface area (Å²) in [5.41, 5.74) is 1.55. The molecule has 1 aromatic carbocycles.